The molecule has 0 bridgehead atoms. The van der Waals surface area contributed by atoms with Crippen molar-refractivity contribution in [3.8, 4) is 0 Å². The summed E-state index contributed by atoms with van der Waals surface area (Å²) in [5.41, 5.74) is 1.35. The summed E-state index contributed by atoms with van der Waals surface area (Å²) in [4.78, 5) is 4.25. The Hall–Kier alpha value is -1.16. The summed E-state index contributed by atoms with van der Waals surface area (Å²) in [6.07, 6.45) is 5.85. The van der Waals surface area contributed by atoms with Crippen molar-refractivity contribution in [2.45, 2.75) is 33.2 Å². The van der Waals surface area contributed by atoms with Gasteiger partial charge in [-0.3, -0.25) is 4.68 Å². The first-order valence-electron chi connectivity index (χ1n) is 5.44. The molecule has 0 atom stereocenters. The normalized spacial score (nSPS) is 12.1. The zero-order valence-corrected chi connectivity index (χ0v) is 9.82. The van der Waals surface area contributed by atoms with E-state index in [1.165, 1.54) is 5.57 Å². The number of aryl methyl sites for hydroxylation is 1. The van der Waals surface area contributed by atoms with Gasteiger partial charge in [0.05, 0.1) is 0 Å². The standard InChI is InChI=1S/C11H20N4/c1-4-15-11(13-9-14-15)8-10(2)6-5-7-12-3/h6,9,12H,4-5,7-8H2,1-3H3. The Labute approximate surface area is 91.4 Å². The van der Waals surface area contributed by atoms with Gasteiger partial charge in [-0.15, -0.1) is 0 Å². The highest BCUT2D eigenvalue weighted by atomic mass is 15.3. The monoisotopic (exact) mass is 208 g/mol. The molecule has 0 aliphatic rings. The minimum Gasteiger partial charge on any atom is -0.319 e. The molecular formula is C11H20N4. The number of nitrogens with one attached hydrogen (secondary N) is 1. The average Bonchev–Trinajstić information content (AvgIpc) is 2.65. The lowest BCUT2D eigenvalue weighted by Crippen LogP contribution is -2.07. The third-order valence-corrected chi connectivity index (χ3v) is 2.32. The fraction of sp³-hybridized carbons (Fsp3) is 0.636. The predicted octanol–water partition coefficient (Wildman–Crippen LogP) is 1.40. The molecule has 0 aromatic carbocycles. The van der Waals surface area contributed by atoms with Gasteiger partial charge in [0.15, 0.2) is 0 Å². The highest BCUT2D eigenvalue weighted by molar-refractivity contribution is 5.06. The Morgan fingerprint density at radius 3 is 3.07 bits per heavy atom. The Bertz CT molecular complexity index is 314. The summed E-state index contributed by atoms with van der Waals surface area (Å²) in [6, 6.07) is 0. The van der Waals surface area contributed by atoms with Crippen LogP contribution in [0.15, 0.2) is 18.0 Å². The van der Waals surface area contributed by atoms with Gasteiger partial charge < -0.3 is 5.32 Å². The van der Waals surface area contributed by atoms with Gasteiger partial charge in [0, 0.05) is 13.0 Å². The molecule has 1 aromatic heterocycles. The van der Waals surface area contributed by atoms with Crippen LogP contribution in [-0.4, -0.2) is 28.4 Å². The van der Waals surface area contributed by atoms with Crippen LogP contribution in [0.5, 0.6) is 0 Å². The molecule has 0 unspecified atom stereocenters. The van der Waals surface area contributed by atoms with Gasteiger partial charge in [-0.25, -0.2) is 4.98 Å². The summed E-state index contributed by atoms with van der Waals surface area (Å²) in [5, 5.41) is 7.28. The van der Waals surface area contributed by atoms with Crippen molar-refractivity contribution in [1.29, 1.82) is 0 Å². The average molecular weight is 208 g/mol. The molecule has 0 saturated carbocycles. The van der Waals surface area contributed by atoms with Crippen LogP contribution in [0.3, 0.4) is 0 Å². The number of hydrogen-bond donors (Lipinski definition) is 1. The van der Waals surface area contributed by atoms with Crippen molar-refractivity contribution in [1.82, 2.24) is 20.1 Å². The van der Waals surface area contributed by atoms with Crippen LogP contribution >= 0.6 is 0 Å². The lowest BCUT2D eigenvalue weighted by molar-refractivity contribution is 0.622. The smallest absolute Gasteiger partial charge is 0.138 e. The van der Waals surface area contributed by atoms with Crippen LogP contribution in [0, 0.1) is 0 Å². The van der Waals surface area contributed by atoms with E-state index in [9.17, 15) is 0 Å². The summed E-state index contributed by atoms with van der Waals surface area (Å²) in [7, 11) is 1.97. The highest BCUT2D eigenvalue weighted by Crippen LogP contribution is 2.05. The zero-order chi connectivity index (χ0) is 11.1. The number of hydrogen-bond acceptors (Lipinski definition) is 3. The van der Waals surface area contributed by atoms with E-state index in [1.54, 1.807) is 6.33 Å². The Morgan fingerprint density at radius 2 is 2.40 bits per heavy atom. The van der Waals surface area contributed by atoms with Crippen molar-refractivity contribution in [2.75, 3.05) is 13.6 Å². The molecule has 1 aromatic rings. The molecule has 1 heterocycles. The molecule has 4 nitrogen and oxygen atoms in total. The van der Waals surface area contributed by atoms with Crippen molar-refractivity contribution < 1.29 is 0 Å². The number of nitrogens with zero attached hydrogens (tertiary/aromatic N) is 3. The quantitative estimate of drug-likeness (QED) is 0.567. The summed E-state index contributed by atoms with van der Waals surface area (Å²) in [5.74, 6) is 1.05. The number of rotatable bonds is 6. The van der Waals surface area contributed by atoms with Crippen molar-refractivity contribution in [3.05, 3.63) is 23.8 Å². The molecule has 0 radical (unpaired) electrons. The minimum absolute atomic E-state index is 0.888. The SMILES string of the molecule is CCn1ncnc1CC(C)=CCCNC. The van der Waals surface area contributed by atoms with Crippen LogP contribution in [-0.2, 0) is 13.0 Å². The predicted molar refractivity (Wildman–Crippen MR) is 61.7 cm³/mol. The van der Waals surface area contributed by atoms with Crippen LogP contribution < -0.4 is 5.32 Å². The minimum atomic E-state index is 0.888. The summed E-state index contributed by atoms with van der Waals surface area (Å²) >= 11 is 0. The van der Waals surface area contributed by atoms with Crippen LogP contribution in [0.2, 0.25) is 0 Å². The molecule has 0 aliphatic heterocycles. The van der Waals surface area contributed by atoms with Gasteiger partial charge in [-0.2, -0.15) is 5.10 Å². The fourth-order valence-electron chi connectivity index (χ4n) is 1.47. The lowest BCUT2D eigenvalue weighted by atomic mass is 10.1. The van der Waals surface area contributed by atoms with Crippen LogP contribution in [0.25, 0.3) is 0 Å². The second kappa shape index (κ2) is 6.35. The van der Waals surface area contributed by atoms with Crippen molar-refractivity contribution >= 4 is 0 Å². The molecule has 15 heavy (non-hydrogen) atoms. The highest BCUT2D eigenvalue weighted by Gasteiger charge is 2.02. The molecule has 0 amide bonds. The second-order valence-electron chi connectivity index (χ2n) is 3.61. The number of allylic oxidation sites excluding steroid dienone is 1. The van der Waals surface area contributed by atoms with Gasteiger partial charge in [-0.1, -0.05) is 11.6 Å². The van der Waals surface area contributed by atoms with Gasteiger partial charge in [-0.05, 0) is 33.9 Å². The topological polar surface area (TPSA) is 42.7 Å². The van der Waals surface area contributed by atoms with Crippen LogP contribution in [0.1, 0.15) is 26.1 Å². The maximum atomic E-state index is 4.25. The maximum Gasteiger partial charge on any atom is 0.138 e. The summed E-state index contributed by atoms with van der Waals surface area (Å²) < 4.78 is 1.94. The first kappa shape index (κ1) is 11.9. The van der Waals surface area contributed by atoms with Crippen molar-refractivity contribution in [2.24, 2.45) is 0 Å². The maximum absolute atomic E-state index is 4.25. The molecular weight excluding hydrogens is 188 g/mol. The van der Waals surface area contributed by atoms with Gasteiger partial charge in [0.2, 0.25) is 0 Å². The first-order chi connectivity index (χ1) is 7.27. The molecule has 0 fully saturated rings. The fourth-order valence-corrected chi connectivity index (χ4v) is 1.47. The van der Waals surface area contributed by atoms with E-state index in [1.807, 2.05) is 11.7 Å². The molecule has 0 saturated heterocycles. The third-order valence-electron chi connectivity index (χ3n) is 2.32. The molecule has 4 heteroatoms. The van der Waals surface area contributed by atoms with Crippen molar-refractivity contribution in [3.63, 3.8) is 0 Å². The van der Waals surface area contributed by atoms with Gasteiger partial charge in [0.1, 0.15) is 12.2 Å². The van der Waals surface area contributed by atoms with E-state index in [-0.39, 0.29) is 0 Å². The molecule has 0 spiro atoms. The van der Waals surface area contributed by atoms with E-state index in [2.05, 4.69) is 35.3 Å². The molecule has 1 N–H and O–H groups in total. The molecule has 84 valence electrons. The van der Waals surface area contributed by atoms with E-state index in [0.717, 1.165) is 31.8 Å². The molecule has 1 rings (SSSR count). The first-order valence-corrected chi connectivity index (χ1v) is 5.44. The third kappa shape index (κ3) is 3.83. The zero-order valence-electron chi connectivity index (χ0n) is 9.82. The Morgan fingerprint density at radius 1 is 1.60 bits per heavy atom. The lowest BCUT2D eigenvalue weighted by Gasteiger charge is -2.03. The molecule has 0 aliphatic carbocycles. The van der Waals surface area contributed by atoms with Gasteiger partial charge >= 0.3 is 0 Å². The Kier molecular flexibility index (Phi) is 5.04. The Balaban J connectivity index is 2.50. The van der Waals surface area contributed by atoms with E-state index >= 15 is 0 Å². The summed E-state index contributed by atoms with van der Waals surface area (Å²) in [6.45, 7) is 6.14. The van der Waals surface area contributed by atoms with Crippen LogP contribution in [0.4, 0.5) is 0 Å². The number of aromatic nitrogens is 3. The van der Waals surface area contributed by atoms with Gasteiger partial charge in [0.25, 0.3) is 0 Å². The van der Waals surface area contributed by atoms with E-state index in [0.29, 0.717) is 0 Å². The van der Waals surface area contributed by atoms with E-state index in [4.69, 9.17) is 0 Å². The largest absolute Gasteiger partial charge is 0.319 e. The van der Waals surface area contributed by atoms with E-state index < -0.39 is 0 Å². The second-order valence-corrected chi connectivity index (χ2v) is 3.61.